The number of fused-ring (bicyclic) bond motifs is 6. The predicted molar refractivity (Wildman–Crippen MR) is 152 cm³/mol. The quantitative estimate of drug-likeness (QED) is 0.337. The fourth-order valence-electron chi connectivity index (χ4n) is 7.26. The third-order valence-electron chi connectivity index (χ3n) is 9.32. The van der Waals surface area contributed by atoms with Crippen LogP contribution in [0.3, 0.4) is 0 Å². The highest BCUT2D eigenvalue weighted by atomic mass is 16.6. The number of nitrogens with zero attached hydrogens (tertiary/aromatic N) is 1. The van der Waals surface area contributed by atoms with Crippen molar-refractivity contribution >= 4 is 40.0 Å². The molecule has 4 aromatic rings. The number of anilines is 2. The van der Waals surface area contributed by atoms with E-state index in [-0.39, 0.29) is 11.8 Å². The predicted octanol–water partition coefficient (Wildman–Crippen LogP) is 3.72. The van der Waals surface area contributed by atoms with E-state index in [1.807, 2.05) is 56.4 Å². The van der Waals surface area contributed by atoms with E-state index in [0.717, 1.165) is 27.6 Å². The Balaban J connectivity index is 1.27. The number of aromatic nitrogens is 1. The summed E-state index contributed by atoms with van der Waals surface area (Å²) in [5.74, 6) is -1.62. The smallest absolute Gasteiger partial charge is 0.250 e. The highest BCUT2D eigenvalue weighted by Crippen LogP contribution is 2.55. The van der Waals surface area contributed by atoms with Gasteiger partial charge in [-0.05, 0) is 55.2 Å². The molecule has 4 aliphatic heterocycles. The molecule has 206 valence electrons. The molecule has 0 unspecified atom stereocenters. The van der Waals surface area contributed by atoms with E-state index in [9.17, 15) is 14.4 Å². The summed E-state index contributed by atoms with van der Waals surface area (Å²) in [6, 6.07) is 16.5. The minimum atomic E-state index is -1.37. The maximum absolute atomic E-state index is 14.4. The average Bonchev–Trinajstić information content (AvgIpc) is 3.69. The molecule has 0 radical (unpaired) electrons. The minimum absolute atomic E-state index is 0.303. The van der Waals surface area contributed by atoms with Crippen LogP contribution in [-0.4, -0.2) is 42.0 Å². The SMILES string of the molecule is Cc1ccc2c(c1C)NC(=O)[C@]21N[C@H](Cc2c[nH]c3ccccc23)[C@H]2C(=O)N(c3ccc4c(c3)OCCO4)C(=O)[C@H]21. The first kappa shape index (κ1) is 24.2. The van der Waals surface area contributed by atoms with Crippen molar-refractivity contribution in [3.8, 4) is 11.5 Å². The van der Waals surface area contributed by atoms with Crippen molar-refractivity contribution in [1.29, 1.82) is 0 Å². The second-order valence-electron chi connectivity index (χ2n) is 11.3. The number of H-pyrrole nitrogens is 1. The molecule has 3 amide bonds. The summed E-state index contributed by atoms with van der Waals surface area (Å²) in [6.45, 7) is 4.78. The molecule has 4 atom stereocenters. The number of benzene rings is 3. The van der Waals surface area contributed by atoms with Gasteiger partial charge in [-0.3, -0.25) is 19.7 Å². The Morgan fingerprint density at radius 2 is 1.76 bits per heavy atom. The van der Waals surface area contributed by atoms with Gasteiger partial charge in [0.05, 0.1) is 17.5 Å². The molecular weight excluding hydrogens is 520 g/mol. The number of imide groups is 1. The third kappa shape index (κ3) is 3.18. The number of aromatic amines is 1. The van der Waals surface area contributed by atoms with Gasteiger partial charge in [-0.15, -0.1) is 0 Å². The molecule has 1 spiro atoms. The van der Waals surface area contributed by atoms with Gasteiger partial charge in [0.1, 0.15) is 18.8 Å². The number of ether oxygens (including phenoxy) is 2. The molecule has 2 fully saturated rings. The van der Waals surface area contributed by atoms with Gasteiger partial charge in [-0.2, -0.15) is 0 Å². The Morgan fingerprint density at radius 3 is 2.61 bits per heavy atom. The van der Waals surface area contributed by atoms with Crippen LogP contribution >= 0.6 is 0 Å². The molecule has 9 heteroatoms. The third-order valence-corrected chi connectivity index (χ3v) is 9.32. The number of carbonyl (C=O) groups excluding carboxylic acids is 3. The number of aryl methyl sites for hydroxylation is 1. The van der Waals surface area contributed by atoms with E-state index >= 15 is 0 Å². The summed E-state index contributed by atoms with van der Waals surface area (Å²) in [5.41, 5.74) is 4.48. The van der Waals surface area contributed by atoms with Crippen LogP contribution < -0.4 is 25.0 Å². The molecule has 3 aromatic carbocycles. The Kier molecular flexibility index (Phi) is 4.98. The molecule has 0 aliphatic carbocycles. The lowest BCUT2D eigenvalue weighted by Gasteiger charge is -2.30. The zero-order valence-corrected chi connectivity index (χ0v) is 22.6. The second kappa shape index (κ2) is 8.44. The lowest BCUT2D eigenvalue weighted by Crippen LogP contribution is -2.53. The van der Waals surface area contributed by atoms with Crippen molar-refractivity contribution in [1.82, 2.24) is 10.3 Å². The average molecular weight is 549 g/mol. The molecule has 0 bridgehead atoms. The fraction of sp³-hybridized carbons (Fsp3) is 0.281. The van der Waals surface area contributed by atoms with Crippen molar-refractivity contribution < 1.29 is 23.9 Å². The van der Waals surface area contributed by atoms with Crippen molar-refractivity contribution in [2.75, 3.05) is 23.4 Å². The number of para-hydroxylation sites is 1. The van der Waals surface area contributed by atoms with Crippen molar-refractivity contribution in [2.24, 2.45) is 11.8 Å². The summed E-state index contributed by atoms with van der Waals surface area (Å²) < 4.78 is 11.4. The van der Waals surface area contributed by atoms with Crippen molar-refractivity contribution in [3.05, 3.63) is 83.0 Å². The van der Waals surface area contributed by atoms with Crippen LogP contribution in [0.5, 0.6) is 11.5 Å². The van der Waals surface area contributed by atoms with Gasteiger partial charge in [0, 0.05) is 40.5 Å². The van der Waals surface area contributed by atoms with E-state index in [2.05, 4.69) is 15.6 Å². The molecule has 4 aliphatic rings. The van der Waals surface area contributed by atoms with Gasteiger partial charge in [0.15, 0.2) is 11.5 Å². The summed E-state index contributed by atoms with van der Waals surface area (Å²) >= 11 is 0. The van der Waals surface area contributed by atoms with Crippen LogP contribution in [0.1, 0.15) is 22.3 Å². The van der Waals surface area contributed by atoms with E-state index < -0.39 is 29.3 Å². The standard InChI is InChI=1S/C32H28N4O5/c1-16-7-9-21-28(17(16)2)34-31(39)32(21)27-26(23(35-32)13-18-15-33-22-6-4-3-5-20(18)22)29(37)36(30(27)38)19-8-10-24-25(14-19)41-12-11-40-24/h3-10,14-15,23,26-27,33,35H,11-13H2,1-2H3,(H,34,39)/t23-,26-,27+,32+/m1/s1. The Hall–Kier alpha value is -4.63. The van der Waals surface area contributed by atoms with E-state index in [1.54, 1.807) is 18.2 Å². The highest BCUT2D eigenvalue weighted by Gasteiger charge is 2.70. The number of hydrogen-bond acceptors (Lipinski definition) is 6. The molecule has 8 rings (SSSR count). The first-order chi connectivity index (χ1) is 19.9. The van der Waals surface area contributed by atoms with Crippen molar-refractivity contribution in [2.45, 2.75) is 31.8 Å². The number of amides is 3. The number of carbonyl (C=O) groups is 3. The summed E-state index contributed by atoms with van der Waals surface area (Å²) in [7, 11) is 0. The summed E-state index contributed by atoms with van der Waals surface area (Å²) in [6.07, 6.45) is 2.41. The molecule has 1 aromatic heterocycles. The molecule has 0 saturated carbocycles. The number of nitrogens with one attached hydrogen (secondary N) is 3. The lowest BCUT2D eigenvalue weighted by molar-refractivity contribution is -0.130. The Bertz CT molecular complexity index is 1810. The normalized spacial score (nSPS) is 26.1. The van der Waals surface area contributed by atoms with Crippen LogP contribution in [0.4, 0.5) is 11.4 Å². The number of hydrogen-bond donors (Lipinski definition) is 3. The molecule has 2 saturated heterocycles. The van der Waals surface area contributed by atoms with Crippen LogP contribution in [-0.2, 0) is 26.3 Å². The van der Waals surface area contributed by atoms with E-state index in [0.29, 0.717) is 48.1 Å². The zero-order chi connectivity index (χ0) is 28.0. The highest BCUT2D eigenvalue weighted by molar-refractivity contribution is 6.26. The van der Waals surface area contributed by atoms with E-state index in [1.165, 1.54) is 4.90 Å². The summed E-state index contributed by atoms with van der Waals surface area (Å²) in [5, 5.41) is 7.68. The monoisotopic (exact) mass is 548 g/mol. The van der Waals surface area contributed by atoms with E-state index in [4.69, 9.17) is 9.47 Å². The van der Waals surface area contributed by atoms with Crippen LogP contribution in [0.15, 0.2) is 60.8 Å². The van der Waals surface area contributed by atoms with Gasteiger partial charge in [0.25, 0.3) is 0 Å². The zero-order valence-electron chi connectivity index (χ0n) is 22.6. The molecule has 3 N–H and O–H groups in total. The van der Waals surface area contributed by atoms with Gasteiger partial charge < -0.3 is 19.8 Å². The number of rotatable bonds is 3. The lowest BCUT2D eigenvalue weighted by atomic mass is 9.75. The topological polar surface area (TPSA) is 113 Å². The molecule has 41 heavy (non-hydrogen) atoms. The minimum Gasteiger partial charge on any atom is -0.486 e. The molecule has 5 heterocycles. The van der Waals surface area contributed by atoms with Crippen LogP contribution in [0.25, 0.3) is 10.9 Å². The van der Waals surface area contributed by atoms with Gasteiger partial charge >= 0.3 is 0 Å². The summed E-state index contributed by atoms with van der Waals surface area (Å²) in [4.78, 5) is 47.3. The van der Waals surface area contributed by atoms with Gasteiger partial charge in [-0.25, -0.2) is 4.90 Å². The van der Waals surface area contributed by atoms with Crippen LogP contribution in [0, 0.1) is 25.7 Å². The maximum Gasteiger partial charge on any atom is 0.250 e. The Labute approximate surface area is 235 Å². The largest absolute Gasteiger partial charge is 0.486 e. The van der Waals surface area contributed by atoms with Crippen LogP contribution in [0.2, 0.25) is 0 Å². The maximum atomic E-state index is 14.4. The Morgan fingerprint density at radius 1 is 0.951 bits per heavy atom. The fourth-order valence-corrected chi connectivity index (χ4v) is 7.26. The van der Waals surface area contributed by atoms with Gasteiger partial charge in [0.2, 0.25) is 17.7 Å². The van der Waals surface area contributed by atoms with Gasteiger partial charge in [-0.1, -0.05) is 30.3 Å². The second-order valence-corrected chi connectivity index (χ2v) is 11.3. The first-order valence-corrected chi connectivity index (χ1v) is 13.9. The van der Waals surface area contributed by atoms with Crippen molar-refractivity contribution in [3.63, 3.8) is 0 Å². The molecule has 9 nitrogen and oxygen atoms in total. The molecular formula is C32H28N4O5. The first-order valence-electron chi connectivity index (χ1n) is 13.9.